The van der Waals surface area contributed by atoms with Crippen LogP contribution in [0.2, 0.25) is 0 Å². The Balaban J connectivity index is 1.78. The number of amides is 3. The van der Waals surface area contributed by atoms with Gasteiger partial charge in [0.25, 0.3) is 11.6 Å². The Bertz CT molecular complexity index is 886. The molecule has 3 amide bonds. The van der Waals surface area contributed by atoms with Gasteiger partial charge >= 0.3 is 6.03 Å². The van der Waals surface area contributed by atoms with Gasteiger partial charge in [-0.15, -0.1) is 0 Å². The van der Waals surface area contributed by atoms with Gasteiger partial charge in [0.2, 0.25) is 0 Å². The summed E-state index contributed by atoms with van der Waals surface area (Å²) in [7, 11) is 0. The quantitative estimate of drug-likeness (QED) is 0.762. The Hall–Kier alpha value is -2.86. The molecule has 1 aliphatic carbocycles. The standard InChI is InChI=1S/C22H25N3O3/c1-15-9-5-7-13-18(15)23-20(26)22(28)17-12-6-8-14-19(17)24-21(27)25(22)16-10-3-2-4-11-16/h2-4,6,8,10-12,14-15,18,28H,5,7,9,13H2,1H3,(H,23,26)(H,24,27)/t15-,18+,22-/m0/s1. The fraction of sp³-hybridized carbons (Fsp3) is 0.364. The fourth-order valence-corrected chi connectivity index (χ4v) is 4.24. The van der Waals surface area contributed by atoms with Gasteiger partial charge in [-0.1, -0.05) is 56.2 Å². The Labute approximate surface area is 164 Å². The van der Waals surface area contributed by atoms with Crippen LogP contribution in [0.3, 0.4) is 0 Å². The first-order chi connectivity index (χ1) is 13.5. The molecular weight excluding hydrogens is 354 g/mol. The van der Waals surface area contributed by atoms with Crippen molar-refractivity contribution < 1.29 is 14.7 Å². The van der Waals surface area contributed by atoms with Gasteiger partial charge < -0.3 is 15.7 Å². The molecule has 2 aromatic carbocycles. The summed E-state index contributed by atoms with van der Waals surface area (Å²) >= 11 is 0. The zero-order valence-electron chi connectivity index (χ0n) is 15.9. The van der Waals surface area contributed by atoms with Crippen LogP contribution >= 0.6 is 0 Å². The second-order valence-electron chi connectivity index (χ2n) is 7.66. The molecule has 4 rings (SSSR count). The first-order valence-corrected chi connectivity index (χ1v) is 9.81. The lowest BCUT2D eigenvalue weighted by Gasteiger charge is -2.43. The van der Waals surface area contributed by atoms with E-state index in [9.17, 15) is 14.7 Å². The van der Waals surface area contributed by atoms with E-state index in [2.05, 4.69) is 17.6 Å². The van der Waals surface area contributed by atoms with Gasteiger partial charge in [-0.25, -0.2) is 4.79 Å². The van der Waals surface area contributed by atoms with Crippen LogP contribution < -0.4 is 15.5 Å². The van der Waals surface area contributed by atoms with Gasteiger partial charge in [0.1, 0.15) is 0 Å². The third kappa shape index (κ3) is 3.03. The summed E-state index contributed by atoms with van der Waals surface area (Å²) in [5.41, 5.74) is -0.880. The van der Waals surface area contributed by atoms with Crippen LogP contribution in [-0.2, 0) is 10.5 Å². The van der Waals surface area contributed by atoms with Gasteiger partial charge in [0, 0.05) is 17.3 Å². The SMILES string of the molecule is C[C@H]1CCCC[C@H]1NC(=O)[C@@]1(O)c2ccccc2NC(=O)N1c1ccccc1. The second-order valence-corrected chi connectivity index (χ2v) is 7.66. The number of hydrogen-bond acceptors (Lipinski definition) is 3. The van der Waals surface area contributed by atoms with Crippen LogP contribution in [0.25, 0.3) is 0 Å². The number of hydrogen-bond donors (Lipinski definition) is 3. The van der Waals surface area contributed by atoms with Crippen LogP contribution in [0.5, 0.6) is 0 Å². The van der Waals surface area contributed by atoms with Crippen LogP contribution in [0.15, 0.2) is 54.6 Å². The molecule has 0 unspecified atom stereocenters. The zero-order chi connectivity index (χ0) is 19.7. The van der Waals surface area contributed by atoms with Crippen molar-refractivity contribution in [2.45, 2.75) is 44.4 Å². The zero-order valence-corrected chi connectivity index (χ0v) is 15.9. The largest absolute Gasteiger partial charge is 0.359 e. The van der Waals surface area contributed by atoms with Crippen LogP contribution in [-0.4, -0.2) is 23.1 Å². The molecule has 6 nitrogen and oxygen atoms in total. The van der Waals surface area contributed by atoms with E-state index in [1.807, 2.05) is 6.07 Å². The summed E-state index contributed by atoms with van der Waals surface area (Å²) in [6, 6.07) is 15.1. The minimum Gasteiger partial charge on any atom is -0.359 e. The number of fused-ring (bicyclic) bond motifs is 1. The summed E-state index contributed by atoms with van der Waals surface area (Å²) < 4.78 is 0. The van der Waals surface area contributed by atoms with Crippen molar-refractivity contribution in [3.05, 3.63) is 60.2 Å². The predicted octanol–water partition coefficient (Wildman–Crippen LogP) is 3.58. The van der Waals surface area contributed by atoms with E-state index >= 15 is 0 Å². The van der Waals surface area contributed by atoms with Crippen molar-refractivity contribution in [2.24, 2.45) is 5.92 Å². The number of nitrogens with one attached hydrogen (secondary N) is 2. The minimum absolute atomic E-state index is 0.0138. The average Bonchev–Trinajstić information content (AvgIpc) is 2.70. The summed E-state index contributed by atoms with van der Waals surface area (Å²) in [6.07, 6.45) is 4.12. The number of carbonyl (C=O) groups is 2. The van der Waals surface area contributed by atoms with Gasteiger partial charge in [0.15, 0.2) is 0 Å². The highest BCUT2D eigenvalue weighted by atomic mass is 16.3. The molecule has 2 aliphatic rings. The molecule has 0 aromatic heterocycles. The lowest BCUT2D eigenvalue weighted by molar-refractivity contribution is -0.141. The van der Waals surface area contributed by atoms with E-state index in [-0.39, 0.29) is 6.04 Å². The lowest BCUT2D eigenvalue weighted by Crippen LogP contribution is -2.64. The van der Waals surface area contributed by atoms with E-state index in [0.29, 0.717) is 22.9 Å². The molecule has 6 heteroatoms. The van der Waals surface area contributed by atoms with Crippen molar-refractivity contribution in [2.75, 3.05) is 10.2 Å². The van der Waals surface area contributed by atoms with E-state index in [4.69, 9.17) is 0 Å². The highest BCUT2D eigenvalue weighted by Crippen LogP contribution is 2.40. The van der Waals surface area contributed by atoms with Gasteiger partial charge in [-0.3, -0.25) is 9.69 Å². The number of nitrogens with zero attached hydrogens (tertiary/aromatic N) is 1. The Kier molecular flexibility index (Phi) is 4.81. The number of carbonyl (C=O) groups excluding carboxylic acids is 2. The van der Waals surface area contributed by atoms with Crippen molar-refractivity contribution in [1.29, 1.82) is 0 Å². The minimum atomic E-state index is -2.13. The number of aliphatic hydroxyl groups is 1. The normalized spacial score (nSPS) is 26.9. The molecule has 1 aliphatic heterocycles. The van der Waals surface area contributed by atoms with Gasteiger partial charge in [-0.2, -0.15) is 0 Å². The maximum atomic E-state index is 13.4. The smallest absolute Gasteiger partial charge is 0.329 e. The van der Waals surface area contributed by atoms with Crippen molar-refractivity contribution in [3.63, 3.8) is 0 Å². The molecule has 1 fully saturated rings. The number of anilines is 2. The monoisotopic (exact) mass is 379 g/mol. The fourth-order valence-electron chi connectivity index (χ4n) is 4.24. The van der Waals surface area contributed by atoms with Crippen molar-refractivity contribution in [3.8, 4) is 0 Å². The molecule has 0 saturated heterocycles. The van der Waals surface area contributed by atoms with E-state index < -0.39 is 17.7 Å². The molecular formula is C22H25N3O3. The molecule has 1 heterocycles. The first-order valence-electron chi connectivity index (χ1n) is 9.81. The predicted molar refractivity (Wildman–Crippen MR) is 108 cm³/mol. The maximum Gasteiger partial charge on any atom is 0.329 e. The highest BCUT2D eigenvalue weighted by molar-refractivity contribution is 6.11. The molecule has 146 valence electrons. The molecule has 2 aromatic rings. The number of benzene rings is 2. The number of para-hydroxylation sites is 2. The van der Waals surface area contributed by atoms with Crippen molar-refractivity contribution >= 4 is 23.3 Å². The number of urea groups is 1. The second kappa shape index (κ2) is 7.28. The molecule has 28 heavy (non-hydrogen) atoms. The third-order valence-electron chi connectivity index (χ3n) is 5.83. The third-order valence-corrected chi connectivity index (χ3v) is 5.83. The van der Waals surface area contributed by atoms with Crippen molar-refractivity contribution in [1.82, 2.24) is 5.32 Å². The maximum absolute atomic E-state index is 13.4. The summed E-state index contributed by atoms with van der Waals surface area (Å²) in [4.78, 5) is 27.5. The first kappa shape index (κ1) is 18.5. The Morgan fingerprint density at radius 2 is 1.79 bits per heavy atom. The Morgan fingerprint density at radius 1 is 1.11 bits per heavy atom. The van der Waals surface area contributed by atoms with Crippen LogP contribution in [0.4, 0.5) is 16.2 Å². The summed E-state index contributed by atoms with van der Waals surface area (Å²) in [5.74, 6) is -0.239. The van der Waals surface area contributed by atoms with Crippen LogP contribution in [0, 0.1) is 5.92 Å². The molecule has 0 radical (unpaired) electrons. The van der Waals surface area contributed by atoms with E-state index in [1.54, 1.807) is 48.5 Å². The molecule has 3 N–H and O–H groups in total. The van der Waals surface area contributed by atoms with Gasteiger partial charge in [0.05, 0.1) is 5.69 Å². The molecule has 0 spiro atoms. The van der Waals surface area contributed by atoms with E-state index in [1.165, 1.54) is 0 Å². The number of rotatable bonds is 3. The van der Waals surface area contributed by atoms with Gasteiger partial charge in [-0.05, 0) is 37.0 Å². The summed E-state index contributed by atoms with van der Waals surface area (Å²) in [6.45, 7) is 2.12. The summed E-state index contributed by atoms with van der Waals surface area (Å²) in [5, 5.41) is 17.6. The average molecular weight is 379 g/mol. The Morgan fingerprint density at radius 3 is 2.54 bits per heavy atom. The van der Waals surface area contributed by atoms with E-state index in [0.717, 1.165) is 30.6 Å². The topological polar surface area (TPSA) is 81.7 Å². The molecule has 3 atom stereocenters. The molecule has 1 saturated carbocycles. The van der Waals surface area contributed by atoms with Crippen LogP contribution in [0.1, 0.15) is 38.2 Å². The highest BCUT2D eigenvalue weighted by Gasteiger charge is 2.52. The molecule has 0 bridgehead atoms. The lowest BCUT2D eigenvalue weighted by atomic mass is 9.85.